The minimum atomic E-state index is -0.192. The summed E-state index contributed by atoms with van der Waals surface area (Å²) in [6.45, 7) is 8.68. The standard InChI is InChI=1S/C17H26N2O/c1-5-14(6-2)12(3)19-13(4)18-16(17(19)20)15-10-8-7-9-11-15/h7-14,16,18H,5-6H2,1-4H3. The Bertz CT molecular complexity index is 442. The molecule has 1 fully saturated rings. The third-order valence-electron chi connectivity index (χ3n) is 4.63. The molecule has 3 nitrogen and oxygen atoms in total. The van der Waals surface area contributed by atoms with E-state index in [1.165, 1.54) is 0 Å². The van der Waals surface area contributed by atoms with E-state index in [-0.39, 0.29) is 24.2 Å². The molecule has 0 aliphatic carbocycles. The zero-order valence-corrected chi connectivity index (χ0v) is 13.0. The monoisotopic (exact) mass is 274 g/mol. The minimum Gasteiger partial charge on any atom is -0.323 e. The summed E-state index contributed by atoms with van der Waals surface area (Å²) in [5.74, 6) is 0.779. The Morgan fingerprint density at radius 3 is 2.35 bits per heavy atom. The topological polar surface area (TPSA) is 32.3 Å². The summed E-state index contributed by atoms with van der Waals surface area (Å²) < 4.78 is 0. The Morgan fingerprint density at radius 2 is 1.80 bits per heavy atom. The molecular formula is C17H26N2O. The van der Waals surface area contributed by atoms with Gasteiger partial charge in [-0.3, -0.25) is 10.1 Å². The van der Waals surface area contributed by atoms with Gasteiger partial charge in [0.25, 0.3) is 0 Å². The summed E-state index contributed by atoms with van der Waals surface area (Å²) in [5.41, 5.74) is 1.06. The van der Waals surface area contributed by atoms with E-state index in [2.05, 4.69) is 33.0 Å². The van der Waals surface area contributed by atoms with Gasteiger partial charge in [-0.2, -0.15) is 0 Å². The van der Waals surface area contributed by atoms with E-state index in [9.17, 15) is 4.79 Å². The van der Waals surface area contributed by atoms with Crippen LogP contribution in [0.25, 0.3) is 0 Å². The fraction of sp³-hybridized carbons (Fsp3) is 0.588. The zero-order chi connectivity index (χ0) is 14.7. The number of amides is 1. The van der Waals surface area contributed by atoms with E-state index >= 15 is 0 Å². The van der Waals surface area contributed by atoms with Crippen LogP contribution in [0.5, 0.6) is 0 Å². The smallest absolute Gasteiger partial charge is 0.245 e. The first kappa shape index (κ1) is 15.0. The highest BCUT2D eigenvalue weighted by molar-refractivity contribution is 5.85. The number of carbonyl (C=O) groups is 1. The Morgan fingerprint density at radius 1 is 1.20 bits per heavy atom. The molecule has 0 aromatic heterocycles. The summed E-state index contributed by atoms with van der Waals surface area (Å²) in [6, 6.07) is 10.1. The first-order valence-corrected chi connectivity index (χ1v) is 7.73. The van der Waals surface area contributed by atoms with Crippen LogP contribution < -0.4 is 5.32 Å². The highest BCUT2D eigenvalue weighted by atomic mass is 16.2. The van der Waals surface area contributed by atoms with Crippen molar-refractivity contribution in [3.05, 3.63) is 35.9 Å². The van der Waals surface area contributed by atoms with Gasteiger partial charge in [0.1, 0.15) is 6.04 Å². The van der Waals surface area contributed by atoms with Gasteiger partial charge in [-0.25, -0.2) is 0 Å². The molecule has 1 amide bonds. The second-order valence-corrected chi connectivity index (χ2v) is 5.75. The minimum absolute atomic E-state index is 0.100. The van der Waals surface area contributed by atoms with E-state index in [4.69, 9.17) is 0 Å². The summed E-state index contributed by atoms with van der Waals surface area (Å²) in [6.07, 6.45) is 2.33. The predicted molar refractivity (Wildman–Crippen MR) is 82.2 cm³/mol. The quantitative estimate of drug-likeness (QED) is 0.893. The van der Waals surface area contributed by atoms with Crippen molar-refractivity contribution in [2.75, 3.05) is 0 Å². The highest BCUT2D eigenvalue weighted by Crippen LogP contribution is 2.29. The molecule has 1 aliphatic rings. The SMILES string of the molecule is CCC(CC)C(C)N1C(=O)C(c2ccccc2)NC1C. The van der Waals surface area contributed by atoms with Crippen LogP contribution in [0.3, 0.4) is 0 Å². The van der Waals surface area contributed by atoms with Gasteiger partial charge in [0, 0.05) is 6.04 Å². The third kappa shape index (κ3) is 2.73. The molecular weight excluding hydrogens is 248 g/mol. The molecule has 0 saturated carbocycles. The van der Waals surface area contributed by atoms with Crippen molar-refractivity contribution in [2.45, 2.75) is 58.8 Å². The predicted octanol–water partition coefficient (Wildman–Crippen LogP) is 3.33. The lowest BCUT2D eigenvalue weighted by Crippen LogP contribution is -2.45. The highest BCUT2D eigenvalue weighted by Gasteiger charge is 2.41. The lowest BCUT2D eigenvalue weighted by atomic mass is 9.94. The lowest BCUT2D eigenvalue weighted by Gasteiger charge is -2.33. The van der Waals surface area contributed by atoms with Crippen LogP contribution in [0.15, 0.2) is 30.3 Å². The second-order valence-electron chi connectivity index (χ2n) is 5.75. The van der Waals surface area contributed by atoms with Gasteiger partial charge in [0.05, 0.1) is 6.17 Å². The van der Waals surface area contributed by atoms with E-state index < -0.39 is 0 Å². The van der Waals surface area contributed by atoms with Gasteiger partial charge in [-0.1, -0.05) is 57.0 Å². The third-order valence-corrected chi connectivity index (χ3v) is 4.63. The lowest BCUT2D eigenvalue weighted by molar-refractivity contribution is -0.133. The first-order valence-electron chi connectivity index (χ1n) is 7.73. The molecule has 1 N–H and O–H groups in total. The van der Waals surface area contributed by atoms with Gasteiger partial charge in [0.15, 0.2) is 0 Å². The molecule has 3 heteroatoms. The molecule has 0 radical (unpaired) electrons. The molecule has 1 aliphatic heterocycles. The van der Waals surface area contributed by atoms with Crippen LogP contribution in [-0.4, -0.2) is 23.0 Å². The van der Waals surface area contributed by atoms with Crippen molar-refractivity contribution in [3.8, 4) is 0 Å². The molecule has 0 spiro atoms. The van der Waals surface area contributed by atoms with Gasteiger partial charge in [0.2, 0.25) is 5.91 Å². The van der Waals surface area contributed by atoms with Crippen LogP contribution in [0.4, 0.5) is 0 Å². The number of benzene rings is 1. The maximum absolute atomic E-state index is 12.8. The maximum Gasteiger partial charge on any atom is 0.245 e. The van der Waals surface area contributed by atoms with Crippen molar-refractivity contribution in [2.24, 2.45) is 5.92 Å². The maximum atomic E-state index is 12.8. The average Bonchev–Trinajstić information content (AvgIpc) is 2.76. The van der Waals surface area contributed by atoms with Crippen molar-refractivity contribution >= 4 is 5.91 Å². The largest absolute Gasteiger partial charge is 0.323 e. The van der Waals surface area contributed by atoms with Crippen molar-refractivity contribution in [3.63, 3.8) is 0 Å². The van der Waals surface area contributed by atoms with Crippen molar-refractivity contribution in [1.82, 2.24) is 10.2 Å². The first-order chi connectivity index (χ1) is 9.60. The molecule has 1 aromatic carbocycles. The van der Waals surface area contributed by atoms with Crippen LogP contribution in [0, 0.1) is 5.92 Å². The molecule has 3 atom stereocenters. The molecule has 1 saturated heterocycles. The number of nitrogens with zero attached hydrogens (tertiary/aromatic N) is 1. The molecule has 3 unspecified atom stereocenters. The number of carbonyl (C=O) groups excluding carboxylic acids is 1. The molecule has 1 heterocycles. The Kier molecular flexibility index (Phi) is 4.81. The molecule has 20 heavy (non-hydrogen) atoms. The van der Waals surface area contributed by atoms with Crippen molar-refractivity contribution < 1.29 is 4.79 Å². The average molecular weight is 274 g/mol. The number of rotatable bonds is 5. The molecule has 110 valence electrons. The van der Waals surface area contributed by atoms with E-state index in [0.29, 0.717) is 5.92 Å². The van der Waals surface area contributed by atoms with Gasteiger partial charge in [-0.05, 0) is 25.3 Å². The number of hydrogen-bond acceptors (Lipinski definition) is 2. The Hall–Kier alpha value is -1.35. The zero-order valence-electron chi connectivity index (χ0n) is 13.0. The van der Waals surface area contributed by atoms with E-state index in [0.717, 1.165) is 18.4 Å². The van der Waals surface area contributed by atoms with Crippen LogP contribution in [0.2, 0.25) is 0 Å². The molecule has 2 rings (SSSR count). The van der Waals surface area contributed by atoms with Crippen LogP contribution >= 0.6 is 0 Å². The van der Waals surface area contributed by atoms with Crippen LogP contribution in [-0.2, 0) is 4.79 Å². The Balaban J connectivity index is 2.19. The van der Waals surface area contributed by atoms with Gasteiger partial charge < -0.3 is 4.90 Å². The van der Waals surface area contributed by atoms with E-state index in [1.54, 1.807) is 0 Å². The summed E-state index contributed by atoms with van der Waals surface area (Å²) in [4.78, 5) is 14.8. The molecule has 1 aromatic rings. The second kappa shape index (κ2) is 6.40. The normalized spacial score (nSPS) is 24.4. The Labute approximate surface area is 122 Å². The summed E-state index contributed by atoms with van der Waals surface area (Å²) >= 11 is 0. The summed E-state index contributed by atoms with van der Waals surface area (Å²) in [5, 5.41) is 3.43. The van der Waals surface area contributed by atoms with Gasteiger partial charge in [-0.15, -0.1) is 0 Å². The summed E-state index contributed by atoms with van der Waals surface area (Å²) in [7, 11) is 0. The van der Waals surface area contributed by atoms with Crippen molar-refractivity contribution in [1.29, 1.82) is 0 Å². The van der Waals surface area contributed by atoms with E-state index in [1.807, 2.05) is 35.2 Å². The van der Waals surface area contributed by atoms with Crippen LogP contribution in [0.1, 0.15) is 52.1 Å². The fourth-order valence-electron chi connectivity index (χ4n) is 3.37. The molecule has 0 bridgehead atoms. The van der Waals surface area contributed by atoms with Gasteiger partial charge >= 0.3 is 0 Å². The number of nitrogens with one attached hydrogen (secondary N) is 1. The fourth-order valence-corrected chi connectivity index (χ4v) is 3.37. The number of hydrogen-bond donors (Lipinski definition) is 1.